The zero-order valence-corrected chi connectivity index (χ0v) is 13.2. The Bertz CT molecular complexity index is 472. The Morgan fingerprint density at radius 2 is 1.17 bits per heavy atom. The molecule has 0 fully saturated rings. The maximum atomic E-state index is 9.81. The largest absolute Gasteiger partial charge is 0.395 e. The van der Waals surface area contributed by atoms with Gasteiger partial charge in [0.2, 0.25) is 0 Å². The van der Waals surface area contributed by atoms with E-state index in [2.05, 4.69) is 38.8 Å². The minimum absolute atomic E-state index is 0.0796. The fourth-order valence-electron chi connectivity index (χ4n) is 1.98. The lowest BCUT2D eigenvalue weighted by molar-refractivity contribution is 0.231. The van der Waals surface area contributed by atoms with Crippen LogP contribution in [0.15, 0.2) is 57.5 Å². The molecule has 0 saturated carbocycles. The Kier molecular flexibility index (Phi) is 4.25. The number of hydrogen-bond acceptors (Lipinski definition) is 1. The quantitative estimate of drug-likeness (QED) is 0.843. The van der Waals surface area contributed by atoms with Gasteiger partial charge in [0.15, 0.2) is 0 Å². The third-order valence-corrected chi connectivity index (χ3v) is 4.34. The molecule has 3 heteroatoms. The van der Waals surface area contributed by atoms with E-state index in [9.17, 15) is 5.11 Å². The summed E-state index contributed by atoms with van der Waals surface area (Å²) in [4.78, 5) is 0. The second-order valence-electron chi connectivity index (χ2n) is 4.50. The van der Waals surface area contributed by atoms with Crippen LogP contribution < -0.4 is 0 Å². The first-order valence-corrected chi connectivity index (χ1v) is 7.28. The van der Waals surface area contributed by atoms with E-state index in [1.54, 1.807) is 0 Å². The van der Waals surface area contributed by atoms with E-state index in [4.69, 9.17) is 0 Å². The molecule has 18 heavy (non-hydrogen) atoms. The maximum absolute atomic E-state index is 9.81. The summed E-state index contributed by atoms with van der Waals surface area (Å²) in [7, 11) is 0. The van der Waals surface area contributed by atoms with Gasteiger partial charge in [-0.05, 0) is 42.3 Å². The molecule has 94 valence electrons. The number of aliphatic hydroxyl groups is 1. The molecule has 0 atom stereocenters. The van der Waals surface area contributed by atoms with Crippen molar-refractivity contribution < 1.29 is 5.11 Å². The maximum Gasteiger partial charge on any atom is 0.0566 e. The second-order valence-corrected chi connectivity index (χ2v) is 6.34. The Morgan fingerprint density at radius 1 is 0.833 bits per heavy atom. The van der Waals surface area contributed by atoms with Crippen molar-refractivity contribution in [1.29, 1.82) is 0 Å². The van der Waals surface area contributed by atoms with Gasteiger partial charge in [-0.3, -0.25) is 0 Å². The third kappa shape index (κ3) is 2.68. The lowest BCUT2D eigenvalue weighted by Gasteiger charge is -2.28. The molecule has 1 N–H and O–H groups in total. The second kappa shape index (κ2) is 5.55. The molecule has 2 rings (SSSR count). The number of rotatable bonds is 3. The van der Waals surface area contributed by atoms with Crippen molar-refractivity contribution in [2.75, 3.05) is 6.61 Å². The predicted molar refractivity (Wildman–Crippen MR) is 81.8 cm³/mol. The highest BCUT2D eigenvalue weighted by Gasteiger charge is 2.27. The SMILES string of the molecule is CC(CO)(c1ccc(Br)cc1)c1ccc(Br)cc1. The van der Waals surface area contributed by atoms with Crippen molar-refractivity contribution in [3.8, 4) is 0 Å². The Hall–Kier alpha value is -0.640. The Morgan fingerprint density at radius 3 is 1.44 bits per heavy atom. The van der Waals surface area contributed by atoms with Gasteiger partial charge in [0.25, 0.3) is 0 Å². The van der Waals surface area contributed by atoms with Crippen molar-refractivity contribution in [3.63, 3.8) is 0 Å². The van der Waals surface area contributed by atoms with Crippen LogP contribution in [0.2, 0.25) is 0 Å². The van der Waals surface area contributed by atoms with E-state index in [0.29, 0.717) is 0 Å². The van der Waals surface area contributed by atoms with Gasteiger partial charge in [0.05, 0.1) is 6.61 Å². The fraction of sp³-hybridized carbons (Fsp3) is 0.200. The average molecular weight is 370 g/mol. The first-order valence-electron chi connectivity index (χ1n) is 5.69. The summed E-state index contributed by atoms with van der Waals surface area (Å²) in [6.07, 6.45) is 0. The summed E-state index contributed by atoms with van der Waals surface area (Å²) in [6.45, 7) is 2.13. The van der Waals surface area contributed by atoms with Crippen molar-refractivity contribution in [1.82, 2.24) is 0 Å². The van der Waals surface area contributed by atoms with Crippen LogP contribution in [0.4, 0.5) is 0 Å². The molecule has 0 aliphatic carbocycles. The van der Waals surface area contributed by atoms with Crippen LogP contribution in [0, 0.1) is 0 Å². The molecule has 0 radical (unpaired) electrons. The smallest absolute Gasteiger partial charge is 0.0566 e. The highest BCUT2D eigenvalue weighted by atomic mass is 79.9. The lowest BCUT2D eigenvalue weighted by atomic mass is 9.77. The summed E-state index contributed by atoms with van der Waals surface area (Å²) < 4.78 is 2.09. The van der Waals surface area contributed by atoms with Crippen LogP contribution in [-0.4, -0.2) is 11.7 Å². The Balaban J connectivity index is 2.47. The molecule has 0 amide bonds. The number of hydrogen-bond donors (Lipinski definition) is 1. The molecule has 0 unspecified atom stereocenters. The van der Waals surface area contributed by atoms with E-state index in [-0.39, 0.29) is 12.0 Å². The fourth-order valence-corrected chi connectivity index (χ4v) is 2.51. The van der Waals surface area contributed by atoms with Gasteiger partial charge < -0.3 is 5.11 Å². The average Bonchev–Trinajstić information content (AvgIpc) is 2.39. The van der Waals surface area contributed by atoms with Crippen LogP contribution in [0.1, 0.15) is 18.1 Å². The van der Waals surface area contributed by atoms with E-state index >= 15 is 0 Å². The van der Waals surface area contributed by atoms with Gasteiger partial charge in [0.1, 0.15) is 0 Å². The standard InChI is InChI=1S/C15H14Br2O/c1-15(10-18,11-2-6-13(16)7-3-11)12-4-8-14(17)9-5-12/h2-9,18H,10H2,1H3. The monoisotopic (exact) mass is 368 g/mol. The van der Waals surface area contributed by atoms with E-state index in [1.807, 2.05) is 48.5 Å². The van der Waals surface area contributed by atoms with Crippen molar-refractivity contribution in [2.24, 2.45) is 0 Å². The molecular formula is C15H14Br2O. The molecule has 2 aromatic rings. The molecular weight excluding hydrogens is 356 g/mol. The Labute approximate surface area is 124 Å². The summed E-state index contributed by atoms with van der Waals surface area (Å²) in [5, 5.41) is 9.81. The molecule has 2 aromatic carbocycles. The van der Waals surface area contributed by atoms with Crippen LogP contribution in [0.5, 0.6) is 0 Å². The van der Waals surface area contributed by atoms with Crippen LogP contribution in [0.3, 0.4) is 0 Å². The minimum atomic E-state index is -0.374. The number of halogens is 2. The third-order valence-electron chi connectivity index (χ3n) is 3.28. The van der Waals surface area contributed by atoms with Crippen molar-refractivity contribution >= 4 is 31.9 Å². The first kappa shape index (κ1) is 13.8. The first-order chi connectivity index (χ1) is 8.56. The predicted octanol–water partition coefficient (Wildman–Crippen LogP) is 4.51. The van der Waals surface area contributed by atoms with Crippen molar-refractivity contribution in [2.45, 2.75) is 12.3 Å². The molecule has 0 spiro atoms. The summed E-state index contributed by atoms with van der Waals surface area (Å²) >= 11 is 6.86. The molecule has 0 heterocycles. The molecule has 0 aromatic heterocycles. The van der Waals surface area contributed by atoms with Gasteiger partial charge in [-0.2, -0.15) is 0 Å². The van der Waals surface area contributed by atoms with Gasteiger partial charge in [-0.25, -0.2) is 0 Å². The highest BCUT2D eigenvalue weighted by Crippen LogP contribution is 2.32. The van der Waals surface area contributed by atoms with Crippen molar-refractivity contribution in [3.05, 3.63) is 68.6 Å². The lowest BCUT2D eigenvalue weighted by Crippen LogP contribution is -2.28. The molecule has 0 aliphatic heterocycles. The van der Waals surface area contributed by atoms with Gasteiger partial charge in [-0.15, -0.1) is 0 Å². The van der Waals surface area contributed by atoms with Gasteiger partial charge in [-0.1, -0.05) is 56.1 Å². The van der Waals surface area contributed by atoms with Crippen LogP contribution in [0.25, 0.3) is 0 Å². The normalized spacial score (nSPS) is 11.6. The number of aliphatic hydroxyl groups excluding tert-OH is 1. The molecule has 1 nitrogen and oxygen atoms in total. The van der Waals surface area contributed by atoms with E-state index < -0.39 is 0 Å². The topological polar surface area (TPSA) is 20.2 Å². The molecule has 0 bridgehead atoms. The molecule has 0 aliphatic rings. The number of benzene rings is 2. The summed E-state index contributed by atoms with van der Waals surface area (Å²) in [5.74, 6) is 0. The zero-order chi connectivity index (χ0) is 13.2. The van der Waals surface area contributed by atoms with Gasteiger partial charge >= 0.3 is 0 Å². The van der Waals surface area contributed by atoms with Crippen LogP contribution in [-0.2, 0) is 5.41 Å². The van der Waals surface area contributed by atoms with Gasteiger partial charge in [0, 0.05) is 14.4 Å². The highest BCUT2D eigenvalue weighted by molar-refractivity contribution is 9.10. The van der Waals surface area contributed by atoms with E-state index in [1.165, 1.54) is 0 Å². The van der Waals surface area contributed by atoms with E-state index in [0.717, 1.165) is 20.1 Å². The van der Waals surface area contributed by atoms with Crippen LogP contribution >= 0.6 is 31.9 Å². The summed E-state index contributed by atoms with van der Waals surface area (Å²) in [5.41, 5.74) is 1.84. The minimum Gasteiger partial charge on any atom is -0.395 e. The zero-order valence-electron chi connectivity index (χ0n) is 10.0. The molecule has 0 saturated heterocycles. The summed E-state index contributed by atoms with van der Waals surface area (Å²) in [6, 6.07) is 16.2.